The molecule has 1 unspecified atom stereocenters. The fourth-order valence-electron chi connectivity index (χ4n) is 3.76. The van der Waals surface area contributed by atoms with Gasteiger partial charge in [0.2, 0.25) is 5.91 Å². The van der Waals surface area contributed by atoms with Crippen molar-refractivity contribution in [2.45, 2.75) is 37.9 Å². The molecule has 0 fully saturated rings. The van der Waals surface area contributed by atoms with Gasteiger partial charge in [-0.05, 0) is 41.8 Å². The minimum atomic E-state index is -4.70. The molecule has 0 heterocycles. The van der Waals surface area contributed by atoms with Crippen molar-refractivity contribution in [3.8, 4) is 5.75 Å². The van der Waals surface area contributed by atoms with Crippen LogP contribution in [0.25, 0.3) is 0 Å². The molecular weight excluding hydrogens is 437 g/mol. The first kappa shape index (κ1) is 25.9. The lowest BCUT2D eigenvalue weighted by molar-refractivity contribution is -0.161. The number of aromatic hydroxyl groups is 1. The van der Waals surface area contributed by atoms with E-state index in [-0.39, 0.29) is 18.7 Å². The molecular formula is C24H27F3N2O4. The van der Waals surface area contributed by atoms with Gasteiger partial charge in [0.05, 0.1) is 5.54 Å². The predicted octanol–water partition coefficient (Wildman–Crippen LogP) is 3.92. The van der Waals surface area contributed by atoms with Gasteiger partial charge in [-0.25, -0.2) is 0 Å². The quantitative estimate of drug-likeness (QED) is 0.571. The van der Waals surface area contributed by atoms with Gasteiger partial charge in [0.25, 0.3) is 5.91 Å². The van der Waals surface area contributed by atoms with E-state index in [9.17, 15) is 32.7 Å². The van der Waals surface area contributed by atoms with E-state index in [4.69, 9.17) is 0 Å². The first-order chi connectivity index (χ1) is 15.4. The number of carbonyl (C=O) groups excluding carboxylic acids is 3. The summed E-state index contributed by atoms with van der Waals surface area (Å²) in [5.74, 6) is -1.65. The van der Waals surface area contributed by atoms with E-state index in [2.05, 4.69) is 0 Å². The molecule has 33 heavy (non-hydrogen) atoms. The van der Waals surface area contributed by atoms with E-state index in [1.165, 1.54) is 31.1 Å². The maximum atomic E-state index is 13.3. The maximum Gasteiger partial charge on any atom is 0.397 e. The van der Waals surface area contributed by atoms with Gasteiger partial charge < -0.3 is 19.7 Å². The third-order valence-electron chi connectivity index (χ3n) is 5.66. The minimum absolute atomic E-state index is 0.0137. The summed E-state index contributed by atoms with van der Waals surface area (Å²) in [6.07, 6.45) is -5.63. The largest absolute Gasteiger partial charge is 0.508 e. The second-order valence-electron chi connectivity index (χ2n) is 7.87. The number of phenols is 1. The number of alkyl halides is 3. The molecule has 0 saturated carbocycles. The van der Waals surface area contributed by atoms with Crippen LogP contribution in [0.3, 0.4) is 0 Å². The van der Waals surface area contributed by atoms with Crippen molar-refractivity contribution in [2.24, 2.45) is 0 Å². The number of hydrogen-bond acceptors (Lipinski definition) is 4. The Kier molecular flexibility index (Phi) is 8.24. The van der Waals surface area contributed by atoms with Crippen LogP contribution in [0.2, 0.25) is 0 Å². The number of phenolic OH excluding ortho intramolecular Hbond substituents is 1. The molecule has 0 aliphatic rings. The average molecular weight is 464 g/mol. The zero-order valence-corrected chi connectivity index (χ0v) is 18.7. The van der Waals surface area contributed by atoms with Gasteiger partial charge in [-0.2, -0.15) is 13.2 Å². The van der Waals surface area contributed by atoms with Crippen molar-refractivity contribution in [2.75, 3.05) is 20.6 Å². The third kappa shape index (κ3) is 6.12. The van der Waals surface area contributed by atoms with Crippen molar-refractivity contribution < 1.29 is 32.7 Å². The lowest BCUT2D eigenvalue weighted by Crippen LogP contribution is -2.55. The van der Waals surface area contributed by atoms with Gasteiger partial charge in [-0.15, -0.1) is 0 Å². The summed E-state index contributed by atoms with van der Waals surface area (Å²) < 4.78 is 38.5. The summed E-state index contributed by atoms with van der Waals surface area (Å²) in [5, 5.41) is 10.1. The Morgan fingerprint density at radius 3 is 2.24 bits per heavy atom. The standard InChI is InChI=1S/C24H27F3N2O4/c1-4-17-14-19(10-11-20(17)31)23(12-13-30,16-28(2)21(32)15-24(25,26)27)29(3)22(33)18-8-6-5-7-9-18/h5-11,13-14,31H,4,12,15-16H2,1-3H3. The first-order valence-electron chi connectivity index (χ1n) is 10.3. The highest BCUT2D eigenvalue weighted by molar-refractivity contribution is 5.95. The predicted molar refractivity (Wildman–Crippen MR) is 117 cm³/mol. The lowest BCUT2D eigenvalue weighted by atomic mass is 9.83. The first-order valence-corrected chi connectivity index (χ1v) is 10.3. The Balaban J connectivity index is 2.62. The van der Waals surface area contributed by atoms with E-state index in [1.807, 2.05) is 0 Å². The second-order valence-corrected chi connectivity index (χ2v) is 7.87. The molecule has 178 valence electrons. The summed E-state index contributed by atoms with van der Waals surface area (Å²) >= 11 is 0. The molecule has 2 aromatic rings. The van der Waals surface area contributed by atoms with Crippen molar-refractivity contribution in [1.82, 2.24) is 9.80 Å². The van der Waals surface area contributed by atoms with Crippen molar-refractivity contribution in [3.05, 3.63) is 65.2 Å². The lowest BCUT2D eigenvalue weighted by Gasteiger charge is -2.44. The second kappa shape index (κ2) is 10.5. The molecule has 2 amide bonds. The fraction of sp³-hybridized carbons (Fsp3) is 0.375. The minimum Gasteiger partial charge on any atom is -0.508 e. The number of rotatable bonds is 9. The monoisotopic (exact) mass is 464 g/mol. The number of halogens is 3. The zero-order valence-electron chi connectivity index (χ0n) is 18.7. The molecule has 0 radical (unpaired) electrons. The van der Waals surface area contributed by atoms with Crippen LogP contribution in [-0.2, 0) is 21.5 Å². The van der Waals surface area contributed by atoms with E-state index in [0.717, 1.165) is 4.90 Å². The van der Waals surface area contributed by atoms with Gasteiger partial charge in [0, 0.05) is 32.6 Å². The van der Waals surface area contributed by atoms with E-state index in [1.54, 1.807) is 43.3 Å². The zero-order chi connectivity index (χ0) is 24.8. The summed E-state index contributed by atoms with van der Waals surface area (Å²) in [6, 6.07) is 12.7. The van der Waals surface area contributed by atoms with Crippen LogP contribution in [0, 0.1) is 0 Å². The van der Waals surface area contributed by atoms with Gasteiger partial charge in [-0.1, -0.05) is 31.2 Å². The molecule has 0 aromatic heterocycles. The molecule has 2 aromatic carbocycles. The van der Waals surface area contributed by atoms with Crippen molar-refractivity contribution in [1.29, 1.82) is 0 Å². The molecule has 9 heteroatoms. The molecule has 1 N–H and O–H groups in total. The Morgan fingerprint density at radius 2 is 1.70 bits per heavy atom. The molecule has 0 saturated heterocycles. The molecule has 1 atom stereocenters. The molecule has 0 spiro atoms. The van der Waals surface area contributed by atoms with E-state index < -0.39 is 30.0 Å². The molecule has 0 bridgehead atoms. The molecule has 0 aliphatic carbocycles. The SMILES string of the molecule is CCc1cc(C(CC=O)(CN(C)C(=O)CC(F)(F)F)N(C)C(=O)c2ccccc2)ccc1O. The number of aldehydes is 1. The molecule has 6 nitrogen and oxygen atoms in total. The van der Waals surface area contributed by atoms with Gasteiger partial charge in [0.1, 0.15) is 18.5 Å². The number of nitrogens with zero attached hydrogens (tertiary/aromatic N) is 2. The van der Waals surface area contributed by atoms with Crippen molar-refractivity contribution in [3.63, 3.8) is 0 Å². The number of hydrogen-bond donors (Lipinski definition) is 1. The van der Waals surface area contributed by atoms with Gasteiger partial charge in [-0.3, -0.25) is 9.59 Å². The summed E-state index contributed by atoms with van der Waals surface area (Å²) in [7, 11) is 2.65. The van der Waals surface area contributed by atoms with Crippen LogP contribution >= 0.6 is 0 Å². The van der Waals surface area contributed by atoms with E-state index >= 15 is 0 Å². The number of benzene rings is 2. The fourth-order valence-corrected chi connectivity index (χ4v) is 3.76. The smallest absolute Gasteiger partial charge is 0.397 e. The Hall–Kier alpha value is -3.36. The number of likely N-dealkylation sites (N-methyl/N-ethyl adjacent to an activating group) is 2. The number of carbonyl (C=O) groups is 3. The van der Waals surface area contributed by atoms with Crippen LogP contribution in [0.15, 0.2) is 48.5 Å². The van der Waals surface area contributed by atoms with Crippen LogP contribution in [-0.4, -0.2) is 59.8 Å². The topological polar surface area (TPSA) is 77.9 Å². The maximum absolute atomic E-state index is 13.3. The van der Waals surface area contributed by atoms with Crippen LogP contribution < -0.4 is 0 Å². The molecule has 0 aliphatic heterocycles. The van der Waals surface area contributed by atoms with Gasteiger partial charge >= 0.3 is 6.18 Å². The summed E-state index contributed by atoms with van der Waals surface area (Å²) in [5.41, 5.74) is -0.202. The Labute approximate surface area is 190 Å². The summed E-state index contributed by atoms with van der Waals surface area (Å²) in [6.45, 7) is 1.45. The summed E-state index contributed by atoms with van der Waals surface area (Å²) in [4.78, 5) is 39.5. The number of amides is 2. The number of aryl methyl sites for hydroxylation is 1. The normalized spacial score (nSPS) is 13.2. The van der Waals surface area contributed by atoms with Crippen molar-refractivity contribution >= 4 is 18.1 Å². The third-order valence-corrected chi connectivity index (χ3v) is 5.66. The van der Waals surface area contributed by atoms with E-state index in [0.29, 0.717) is 29.4 Å². The van der Waals surface area contributed by atoms with Crippen LogP contribution in [0.1, 0.15) is 41.3 Å². The Morgan fingerprint density at radius 1 is 1.06 bits per heavy atom. The van der Waals surface area contributed by atoms with Gasteiger partial charge in [0.15, 0.2) is 0 Å². The Bertz CT molecular complexity index is 995. The average Bonchev–Trinajstić information content (AvgIpc) is 2.77. The highest BCUT2D eigenvalue weighted by atomic mass is 19.4. The highest BCUT2D eigenvalue weighted by Gasteiger charge is 2.43. The highest BCUT2D eigenvalue weighted by Crippen LogP contribution is 2.36. The van der Waals surface area contributed by atoms with Crippen LogP contribution in [0.5, 0.6) is 5.75 Å². The van der Waals surface area contributed by atoms with Crippen LogP contribution in [0.4, 0.5) is 13.2 Å². The molecule has 2 rings (SSSR count).